The van der Waals surface area contributed by atoms with Crippen molar-refractivity contribution in [3.8, 4) is 5.75 Å². The summed E-state index contributed by atoms with van der Waals surface area (Å²) in [5.41, 5.74) is -1.41. The molecule has 126 valence electrons. The van der Waals surface area contributed by atoms with Crippen molar-refractivity contribution in [3.05, 3.63) is 64.7 Å². The number of nitrogens with zero attached hydrogens (tertiary/aromatic N) is 2. The number of hydrogen-bond acceptors (Lipinski definition) is 3. The SMILES string of the molecule is COc1ccc(C=NN=Cc2cc(F)c(C(F)(F)F)c(F)c2)cc1. The Kier molecular flexibility index (Phi) is 5.28. The molecule has 0 spiro atoms. The number of methoxy groups -OCH3 is 1. The molecule has 2 aromatic rings. The molecule has 0 amide bonds. The van der Waals surface area contributed by atoms with Gasteiger partial charge in [0.05, 0.1) is 19.5 Å². The summed E-state index contributed by atoms with van der Waals surface area (Å²) in [5.74, 6) is -2.75. The molecule has 0 aliphatic carbocycles. The monoisotopic (exact) mass is 342 g/mol. The zero-order valence-corrected chi connectivity index (χ0v) is 12.3. The van der Waals surface area contributed by atoms with E-state index in [-0.39, 0.29) is 5.56 Å². The normalized spacial score (nSPS) is 12.2. The Morgan fingerprint density at radius 2 is 1.38 bits per heavy atom. The minimum absolute atomic E-state index is 0.176. The zero-order chi connectivity index (χ0) is 17.7. The van der Waals surface area contributed by atoms with Gasteiger partial charge in [-0.05, 0) is 42.0 Å². The molecule has 0 aliphatic heterocycles. The fraction of sp³-hybridized carbons (Fsp3) is 0.125. The summed E-state index contributed by atoms with van der Waals surface area (Å²) in [6.45, 7) is 0. The van der Waals surface area contributed by atoms with Gasteiger partial charge in [0.2, 0.25) is 0 Å². The van der Waals surface area contributed by atoms with Gasteiger partial charge in [0.15, 0.2) is 0 Å². The topological polar surface area (TPSA) is 34.0 Å². The van der Waals surface area contributed by atoms with E-state index in [2.05, 4.69) is 10.2 Å². The zero-order valence-electron chi connectivity index (χ0n) is 12.3. The standard InChI is InChI=1S/C16H11F5N2O/c1-24-12-4-2-10(3-5-12)8-22-23-9-11-6-13(17)15(14(18)7-11)16(19,20)21/h2-9H,1H3. The summed E-state index contributed by atoms with van der Waals surface area (Å²) < 4.78 is 69.1. The maximum atomic E-state index is 13.4. The minimum atomic E-state index is -5.10. The van der Waals surface area contributed by atoms with Gasteiger partial charge in [-0.2, -0.15) is 23.4 Å². The second-order valence-corrected chi connectivity index (χ2v) is 4.62. The highest BCUT2D eigenvalue weighted by Gasteiger charge is 2.37. The van der Waals surface area contributed by atoms with Crippen molar-refractivity contribution >= 4 is 12.4 Å². The largest absolute Gasteiger partial charge is 0.497 e. The first-order chi connectivity index (χ1) is 11.3. The molecule has 0 aromatic heterocycles. The number of hydrogen-bond donors (Lipinski definition) is 0. The van der Waals surface area contributed by atoms with Crippen molar-refractivity contribution in [1.82, 2.24) is 0 Å². The van der Waals surface area contributed by atoms with Crippen LogP contribution in [0.4, 0.5) is 22.0 Å². The summed E-state index contributed by atoms with van der Waals surface area (Å²) in [5, 5.41) is 7.21. The predicted octanol–water partition coefficient (Wildman–Crippen LogP) is 4.45. The quantitative estimate of drug-likeness (QED) is 0.459. The number of halogens is 5. The molecule has 0 N–H and O–H groups in total. The molecule has 0 heterocycles. The van der Waals surface area contributed by atoms with Gasteiger partial charge in [-0.1, -0.05) is 0 Å². The summed E-state index contributed by atoms with van der Waals surface area (Å²) in [7, 11) is 1.52. The smallest absolute Gasteiger partial charge is 0.422 e. The van der Waals surface area contributed by atoms with E-state index in [4.69, 9.17) is 4.74 Å². The third kappa shape index (κ3) is 4.37. The van der Waals surface area contributed by atoms with E-state index in [0.29, 0.717) is 23.4 Å². The first kappa shape index (κ1) is 17.6. The highest BCUT2D eigenvalue weighted by molar-refractivity contribution is 5.82. The molecule has 24 heavy (non-hydrogen) atoms. The molecule has 0 bridgehead atoms. The minimum Gasteiger partial charge on any atom is -0.497 e. The second-order valence-electron chi connectivity index (χ2n) is 4.62. The summed E-state index contributed by atoms with van der Waals surface area (Å²) in [4.78, 5) is 0. The summed E-state index contributed by atoms with van der Waals surface area (Å²) in [6.07, 6.45) is -2.78. The molecular formula is C16H11F5N2O. The maximum Gasteiger partial charge on any atom is 0.422 e. The molecule has 8 heteroatoms. The summed E-state index contributed by atoms with van der Waals surface area (Å²) in [6, 6.07) is 7.89. The van der Waals surface area contributed by atoms with Crippen LogP contribution in [0.5, 0.6) is 5.75 Å². The van der Waals surface area contributed by atoms with Crippen molar-refractivity contribution in [2.24, 2.45) is 10.2 Å². The molecule has 0 aliphatic rings. The fourth-order valence-corrected chi connectivity index (χ4v) is 1.83. The van der Waals surface area contributed by atoms with E-state index in [1.807, 2.05) is 0 Å². The Morgan fingerprint density at radius 3 is 1.83 bits per heavy atom. The molecule has 0 unspecified atom stereocenters. The molecule has 0 fully saturated rings. The van der Waals surface area contributed by atoms with Crippen LogP contribution < -0.4 is 4.74 Å². The molecule has 3 nitrogen and oxygen atoms in total. The number of benzene rings is 2. The van der Waals surface area contributed by atoms with Gasteiger partial charge in [0, 0.05) is 5.56 Å². The maximum absolute atomic E-state index is 13.4. The lowest BCUT2D eigenvalue weighted by Crippen LogP contribution is -2.11. The van der Waals surface area contributed by atoms with E-state index in [1.54, 1.807) is 24.3 Å². The Balaban J connectivity index is 2.13. The second kappa shape index (κ2) is 7.20. The van der Waals surface area contributed by atoms with Gasteiger partial charge < -0.3 is 4.74 Å². The molecule has 0 saturated heterocycles. The lowest BCUT2D eigenvalue weighted by molar-refractivity contribution is -0.142. The van der Waals surface area contributed by atoms with Crippen LogP contribution in [0.3, 0.4) is 0 Å². The molecule has 0 radical (unpaired) electrons. The van der Waals surface area contributed by atoms with Crippen molar-refractivity contribution in [2.75, 3.05) is 7.11 Å². The van der Waals surface area contributed by atoms with Crippen LogP contribution in [0.1, 0.15) is 16.7 Å². The third-order valence-electron chi connectivity index (χ3n) is 2.94. The van der Waals surface area contributed by atoms with Crippen LogP contribution in [-0.2, 0) is 6.18 Å². The molecular weight excluding hydrogens is 331 g/mol. The Morgan fingerprint density at radius 1 is 0.875 bits per heavy atom. The van der Waals surface area contributed by atoms with Crippen LogP contribution in [-0.4, -0.2) is 19.5 Å². The first-order valence-corrected chi connectivity index (χ1v) is 6.58. The van der Waals surface area contributed by atoms with E-state index < -0.39 is 23.4 Å². The number of rotatable bonds is 4. The van der Waals surface area contributed by atoms with Crippen molar-refractivity contribution in [3.63, 3.8) is 0 Å². The van der Waals surface area contributed by atoms with Gasteiger partial charge in [0.25, 0.3) is 0 Å². The van der Waals surface area contributed by atoms with Crippen LogP contribution >= 0.6 is 0 Å². The van der Waals surface area contributed by atoms with Crippen LogP contribution in [0.2, 0.25) is 0 Å². The lowest BCUT2D eigenvalue weighted by atomic mass is 10.1. The van der Waals surface area contributed by atoms with Crippen LogP contribution in [0.15, 0.2) is 46.6 Å². The van der Waals surface area contributed by atoms with Gasteiger partial charge in [-0.3, -0.25) is 0 Å². The van der Waals surface area contributed by atoms with Gasteiger partial charge in [-0.25, -0.2) is 8.78 Å². The van der Waals surface area contributed by atoms with Gasteiger partial charge in [0.1, 0.15) is 22.9 Å². The Labute approximate surface area is 134 Å². The fourth-order valence-electron chi connectivity index (χ4n) is 1.83. The van der Waals surface area contributed by atoms with Crippen LogP contribution in [0.25, 0.3) is 0 Å². The summed E-state index contributed by atoms with van der Waals surface area (Å²) >= 11 is 0. The van der Waals surface area contributed by atoms with Crippen LogP contribution in [0, 0.1) is 11.6 Å². The molecule has 2 aromatic carbocycles. The van der Waals surface area contributed by atoms with E-state index in [9.17, 15) is 22.0 Å². The molecule has 0 atom stereocenters. The van der Waals surface area contributed by atoms with Gasteiger partial charge in [-0.15, -0.1) is 0 Å². The molecule has 2 rings (SSSR count). The van der Waals surface area contributed by atoms with E-state index in [0.717, 1.165) is 6.21 Å². The van der Waals surface area contributed by atoms with E-state index >= 15 is 0 Å². The Bertz CT molecular complexity index is 744. The highest BCUT2D eigenvalue weighted by atomic mass is 19.4. The lowest BCUT2D eigenvalue weighted by Gasteiger charge is -2.09. The van der Waals surface area contributed by atoms with E-state index in [1.165, 1.54) is 13.3 Å². The van der Waals surface area contributed by atoms with Crippen molar-refractivity contribution < 1.29 is 26.7 Å². The third-order valence-corrected chi connectivity index (χ3v) is 2.94. The average molecular weight is 342 g/mol. The number of ether oxygens (including phenoxy) is 1. The Hall–Kier alpha value is -2.77. The van der Waals surface area contributed by atoms with Crippen molar-refractivity contribution in [2.45, 2.75) is 6.18 Å². The van der Waals surface area contributed by atoms with Crippen molar-refractivity contribution in [1.29, 1.82) is 0 Å². The highest BCUT2D eigenvalue weighted by Crippen LogP contribution is 2.33. The predicted molar refractivity (Wildman–Crippen MR) is 79.5 cm³/mol. The first-order valence-electron chi connectivity index (χ1n) is 6.58. The average Bonchev–Trinajstić information content (AvgIpc) is 2.50. The molecule has 0 saturated carbocycles. The van der Waals surface area contributed by atoms with Gasteiger partial charge >= 0.3 is 6.18 Å². The number of alkyl halides is 3.